The van der Waals surface area contributed by atoms with Crippen LogP contribution in [0.3, 0.4) is 0 Å². The Bertz CT molecular complexity index is 823. The lowest BCUT2D eigenvalue weighted by molar-refractivity contribution is 0.0485. The molecule has 2 N–H and O–H groups in total. The minimum absolute atomic E-state index is 0.0800. The van der Waals surface area contributed by atoms with Crippen molar-refractivity contribution >= 4 is 28.2 Å². The van der Waals surface area contributed by atoms with Gasteiger partial charge in [0.15, 0.2) is 11.8 Å². The van der Waals surface area contributed by atoms with Gasteiger partial charge in [0.05, 0.1) is 5.22 Å². The molecule has 1 atom stereocenters. The Morgan fingerprint density at radius 1 is 1.32 bits per heavy atom. The first-order chi connectivity index (χ1) is 13.2. The van der Waals surface area contributed by atoms with Crippen molar-refractivity contribution in [3.8, 4) is 0 Å². The lowest BCUT2D eigenvalue weighted by atomic mass is 9.86. The molecule has 1 aliphatic carbocycles. The summed E-state index contributed by atoms with van der Waals surface area (Å²) in [4.78, 5) is 18.8. The van der Waals surface area contributed by atoms with Gasteiger partial charge in [-0.1, -0.05) is 0 Å². The van der Waals surface area contributed by atoms with Gasteiger partial charge in [0.2, 0.25) is 0 Å². The Labute approximate surface area is 174 Å². The molecule has 1 fully saturated rings. The van der Waals surface area contributed by atoms with E-state index in [4.69, 9.17) is 9.73 Å². The number of nitrogens with zero attached hydrogens (tertiary/aromatic N) is 4. The quantitative estimate of drug-likeness (QED) is 0.720. The van der Waals surface area contributed by atoms with Crippen LogP contribution in [0, 0.1) is 5.92 Å². The van der Waals surface area contributed by atoms with Crippen molar-refractivity contribution < 1.29 is 9.53 Å². The second-order valence-corrected chi connectivity index (χ2v) is 9.41. The summed E-state index contributed by atoms with van der Waals surface area (Å²) in [6, 6.07) is 0.185. The van der Waals surface area contributed by atoms with E-state index in [1.807, 2.05) is 44.4 Å². The molecule has 1 unspecified atom stereocenters. The number of aromatic nitrogens is 2. The van der Waals surface area contributed by atoms with Crippen LogP contribution in [0.2, 0.25) is 0 Å². The molecule has 0 bridgehead atoms. The van der Waals surface area contributed by atoms with E-state index in [9.17, 15) is 4.79 Å². The van der Waals surface area contributed by atoms with Gasteiger partial charge in [-0.25, -0.2) is 14.5 Å². The SMILES string of the molecule is CNC1N=c2c(c(Br)nn2CC2CCC(NC(=O)OC(C)(C)C)CC2)=CN1C. The van der Waals surface area contributed by atoms with Gasteiger partial charge in [0.25, 0.3) is 0 Å². The highest BCUT2D eigenvalue weighted by Crippen LogP contribution is 2.25. The number of carbonyl (C=O) groups is 1. The molecule has 0 radical (unpaired) electrons. The lowest BCUT2D eigenvalue weighted by Crippen LogP contribution is -2.48. The molecule has 9 heteroatoms. The first kappa shape index (κ1) is 21.1. The molecule has 28 heavy (non-hydrogen) atoms. The fourth-order valence-corrected chi connectivity index (χ4v) is 4.24. The van der Waals surface area contributed by atoms with Crippen molar-refractivity contribution in [1.29, 1.82) is 0 Å². The molecular weight excluding hydrogens is 424 g/mol. The maximum Gasteiger partial charge on any atom is 0.407 e. The molecule has 1 amide bonds. The van der Waals surface area contributed by atoms with Gasteiger partial charge in [-0.05, 0) is 75.4 Å². The fourth-order valence-electron chi connectivity index (χ4n) is 3.77. The number of carbonyl (C=O) groups excluding carboxylic acids is 1. The Morgan fingerprint density at radius 3 is 2.61 bits per heavy atom. The monoisotopic (exact) mass is 454 g/mol. The number of halogens is 1. The summed E-state index contributed by atoms with van der Waals surface area (Å²) in [6.45, 7) is 6.48. The first-order valence-corrected chi connectivity index (χ1v) is 10.7. The zero-order valence-electron chi connectivity index (χ0n) is 17.3. The Balaban J connectivity index is 1.60. The van der Waals surface area contributed by atoms with E-state index >= 15 is 0 Å². The predicted molar refractivity (Wildman–Crippen MR) is 111 cm³/mol. The molecule has 0 aromatic carbocycles. The predicted octanol–water partition coefficient (Wildman–Crippen LogP) is 1.54. The molecule has 2 heterocycles. The number of amides is 1. The summed E-state index contributed by atoms with van der Waals surface area (Å²) in [5.74, 6) is 0.524. The van der Waals surface area contributed by atoms with Gasteiger partial charge in [-0.2, -0.15) is 5.10 Å². The molecule has 8 nitrogen and oxygen atoms in total. The van der Waals surface area contributed by atoms with E-state index < -0.39 is 5.60 Å². The summed E-state index contributed by atoms with van der Waals surface area (Å²) in [5.41, 5.74) is 0.450. The molecule has 3 rings (SSSR count). The van der Waals surface area contributed by atoms with Crippen molar-refractivity contribution in [3.05, 3.63) is 15.3 Å². The van der Waals surface area contributed by atoms with E-state index in [-0.39, 0.29) is 18.4 Å². The van der Waals surface area contributed by atoms with Gasteiger partial charge in [-0.3, -0.25) is 5.32 Å². The van der Waals surface area contributed by atoms with Crippen molar-refractivity contribution in [2.45, 2.75) is 70.9 Å². The van der Waals surface area contributed by atoms with Crippen LogP contribution in [0.1, 0.15) is 46.5 Å². The minimum atomic E-state index is -0.465. The number of alkyl carbamates (subject to hydrolysis) is 1. The second kappa shape index (κ2) is 8.41. The first-order valence-electron chi connectivity index (χ1n) is 9.87. The molecule has 1 aliphatic heterocycles. The average Bonchev–Trinajstić information content (AvgIpc) is 2.89. The van der Waals surface area contributed by atoms with Crippen LogP contribution in [0.25, 0.3) is 6.20 Å². The van der Waals surface area contributed by atoms with E-state index in [2.05, 4.69) is 37.9 Å². The zero-order chi connectivity index (χ0) is 20.5. The van der Waals surface area contributed by atoms with E-state index in [0.29, 0.717) is 5.92 Å². The van der Waals surface area contributed by atoms with Gasteiger partial charge >= 0.3 is 6.09 Å². The van der Waals surface area contributed by atoms with Crippen LogP contribution < -0.4 is 21.3 Å². The number of ether oxygens (including phenoxy) is 1. The van der Waals surface area contributed by atoms with Crippen LogP contribution in [-0.2, 0) is 11.3 Å². The van der Waals surface area contributed by atoms with Crippen molar-refractivity contribution in [1.82, 2.24) is 25.3 Å². The third kappa shape index (κ3) is 5.05. The molecule has 2 aliphatic rings. The summed E-state index contributed by atoms with van der Waals surface area (Å²) >= 11 is 3.57. The Hall–Kier alpha value is -1.61. The van der Waals surface area contributed by atoms with E-state index in [1.54, 1.807) is 0 Å². The number of fused-ring (bicyclic) bond motifs is 1. The third-order valence-corrected chi connectivity index (χ3v) is 5.72. The average molecular weight is 455 g/mol. The van der Waals surface area contributed by atoms with E-state index in [1.165, 1.54) is 0 Å². The maximum atomic E-state index is 12.0. The van der Waals surface area contributed by atoms with Crippen LogP contribution in [-0.4, -0.2) is 52.8 Å². The van der Waals surface area contributed by atoms with Gasteiger partial charge in [-0.15, -0.1) is 0 Å². The summed E-state index contributed by atoms with van der Waals surface area (Å²) in [6.07, 6.45) is 5.68. The van der Waals surface area contributed by atoms with Crippen molar-refractivity contribution in [3.63, 3.8) is 0 Å². The largest absolute Gasteiger partial charge is 0.444 e. The normalized spacial score (nSPS) is 24.8. The minimum Gasteiger partial charge on any atom is -0.444 e. The zero-order valence-corrected chi connectivity index (χ0v) is 18.9. The fraction of sp³-hybridized carbons (Fsp3) is 0.737. The topological polar surface area (TPSA) is 83.8 Å². The molecule has 1 aromatic heterocycles. The van der Waals surface area contributed by atoms with Crippen LogP contribution in [0.4, 0.5) is 4.79 Å². The van der Waals surface area contributed by atoms with Crippen LogP contribution >= 0.6 is 15.9 Å². The molecule has 1 saturated carbocycles. The number of rotatable bonds is 4. The lowest BCUT2D eigenvalue weighted by Gasteiger charge is -2.30. The standard InChI is InChI=1S/C19H31BrN6O2/c1-19(2,3)28-18(27)22-13-8-6-12(7-9-13)10-26-16-14(15(20)24-26)11-25(5)17(21-4)23-16/h11-13,17,21H,6-10H2,1-5H3,(H,22,27). The van der Waals surface area contributed by atoms with Crippen molar-refractivity contribution in [2.24, 2.45) is 10.9 Å². The maximum absolute atomic E-state index is 12.0. The number of nitrogens with one attached hydrogen (secondary N) is 2. The highest BCUT2D eigenvalue weighted by atomic mass is 79.9. The summed E-state index contributed by atoms with van der Waals surface area (Å²) in [5, 5.41) is 11.9. The second-order valence-electron chi connectivity index (χ2n) is 8.66. The molecule has 1 aromatic rings. The molecule has 0 spiro atoms. The van der Waals surface area contributed by atoms with Gasteiger partial charge in [0.1, 0.15) is 10.2 Å². The van der Waals surface area contributed by atoms with Crippen molar-refractivity contribution in [2.75, 3.05) is 14.1 Å². The highest BCUT2D eigenvalue weighted by molar-refractivity contribution is 9.10. The summed E-state index contributed by atoms with van der Waals surface area (Å²) in [7, 11) is 3.90. The molecular formula is C19H31BrN6O2. The van der Waals surface area contributed by atoms with Crippen LogP contribution in [0.5, 0.6) is 0 Å². The third-order valence-electron chi connectivity index (χ3n) is 5.14. The summed E-state index contributed by atoms with van der Waals surface area (Å²) < 4.78 is 8.20. The smallest absolute Gasteiger partial charge is 0.407 e. The van der Waals surface area contributed by atoms with Crippen LogP contribution in [0.15, 0.2) is 9.60 Å². The number of hydrogen-bond acceptors (Lipinski definition) is 6. The Morgan fingerprint density at radius 2 is 2.00 bits per heavy atom. The van der Waals surface area contributed by atoms with Gasteiger partial charge < -0.3 is 15.0 Å². The molecule has 156 valence electrons. The molecule has 0 saturated heterocycles. The number of hydrogen-bond donors (Lipinski definition) is 2. The van der Waals surface area contributed by atoms with E-state index in [0.717, 1.165) is 47.5 Å². The Kier molecular flexibility index (Phi) is 6.34. The van der Waals surface area contributed by atoms with Gasteiger partial charge in [0, 0.05) is 25.8 Å². The highest BCUT2D eigenvalue weighted by Gasteiger charge is 2.26.